The van der Waals surface area contributed by atoms with E-state index in [2.05, 4.69) is 15.5 Å². The predicted octanol–water partition coefficient (Wildman–Crippen LogP) is 1.69. The van der Waals surface area contributed by atoms with Crippen LogP contribution in [0.4, 0.5) is 10.5 Å². The number of likely N-dealkylation sites (tertiary alicyclic amines) is 1. The van der Waals surface area contributed by atoms with E-state index in [0.29, 0.717) is 18.9 Å². The lowest BCUT2D eigenvalue weighted by atomic mass is 10.0. The van der Waals surface area contributed by atoms with E-state index in [1.807, 2.05) is 29.2 Å². The second-order valence-corrected chi connectivity index (χ2v) is 7.13. The average Bonchev–Trinajstić information content (AvgIpc) is 2.73. The van der Waals surface area contributed by atoms with Crippen LogP contribution in [-0.4, -0.2) is 74.2 Å². The number of urea groups is 1. The van der Waals surface area contributed by atoms with Crippen molar-refractivity contribution in [3.63, 3.8) is 0 Å². The smallest absolute Gasteiger partial charge is 0.321 e. The summed E-state index contributed by atoms with van der Waals surface area (Å²) in [5, 5.41) is 5.67. The number of morpholine rings is 1. The van der Waals surface area contributed by atoms with E-state index in [1.165, 1.54) is 0 Å². The highest BCUT2D eigenvalue weighted by Crippen LogP contribution is 2.21. The van der Waals surface area contributed by atoms with E-state index in [9.17, 15) is 9.59 Å². The van der Waals surface area contributed by atoms with Gasteiger partial charge in [-0.2, -0.15) is 0 Å². The van der Waals surface area contributed by atoms with Crippen molar-refractivity contribution in [1.29, 1.82) is 0 Å². The first kappa shape index (κ1) is 19.6. The summed E-state index contributed by atoms with van der Waals surface area (Å²) >= 11 is 0. The van der Waals surface area contributed by atoms with Gasteiger partial charge in [-0.15, -0.1) is 0 Å². The van der Waals surface area contributed by atoms with Crippen LogP contribution in [0, 0.1) is 0 Å². The van der Waals surface area contributed by atoms with Crippen LogP contribution in [0.5, 0.6) is 0 Å². The number of aryl methyl sites for hydroxylation is 1. The standard InChI is InChI=1S/C20H30N4O3/c1-21-19(25)7-6-16-4-2-3-5-18(16)22-20(26)24-10-8-17(9-11-24)23-12-14-27-15-13-23/h2-5,17H,6-15H2,1H3,(H,21,25)(H,22,26). The molecule has 7 heteroatoms. The average molecular weight is 374 g/mol. The van der Waals surface area contributed by atoms with Crippen LogP contribution in [0.3, 0.4) is 0 Å². The summed E-state index contributed by atoms with van der Waals surface area (Å²) in [5.74, 6) is 0.00122. The summed E-state index contributed by atoms with van der Waals surface area (Å²) in [6, 6.07) is 8.20. The maximum absolute atomic E-state index is 12.7. The molecule has 3 amide bonds. The number of carbonyl (C=O) groups is 2. The van der Waals surface area contributed by atoms with Crippen LogP contribution >= 0.6 is 0 Å². The van der Waals surface area contributed by atoms with Gasteiger partial charge in [0, 0.05) is 51.4 Å². The lowest BCUT2D eigenvalue weighted by Crippen LogP contribution is -2.50. The van der Waals surface area contributed by atoms with E-state index in [4.69, 9.17) is 4.74 Å². The largest absolute Gasteiger partial charge is 0.379 e. The molecule has 0 radical (unpaired) electrons. The van der Waals surface area contributed by atoms with Gasteiger partial charge in [-0.25, -0.2) is 4.79 Å². The molecule has 2 aliphatic heterocycles. The summed E-state index contributed by atoms with van der Waals surface area (Å²) in [5.41, 5.74) is 1.78. The molecule has 3 rings (SSSR count). The molecule has 0 aliphatic carbocycles. The van der Waals surface area contributed by atoms with Gasteiger partial charge < -0.3 is 20.3 Å². The Bertz CT molecular complexity index is 638. The molecule has 2 saturated heterocycles. The number of amides is 3. The summed E-state index contributed by atoms with van der Waals surface area (Å²) in [6.07, 6.45) is 3.03. The van der Waals surface area contributed by atoms with Crippen LogP contribution in [0.15, 0.2) is 24.3 Å². The highest BCUT2D eigenvalue weighted by Gasteiger charge is 2.28. The molecule has 0 atom stereocenters. The third kappa shape index (κ3) is 5.43. The SMILES string of the molecule is CNC(=O)CCc1ccccc1NC(=O)N1CCC(N2CCOCC2)CC1. The summed E-state index contributed by atoms with van der Waals surface area (Å²) in [6.45, 7) is 5.16. The molecule has 2 aliphatic rings. The van der Waals surface area contributed by atoms with Gasteiger partial charge in [0.15, 0.2) is 0 Å². The third-order valence-electron chi connectivity index (χ3n) is 5.47. The molecule has 0 unspecified atom stereocenters. The van der Waals surface area contributed by atoms with Crippen molar-refractivity contribution in [2.24, 2.45) is 0 Å². The minimum Gasteiger partial charge on any atom is -0.379 e. The molecule has 2 N–H and O–H groups in total. The first-order valence-electron chi connectivity index (χ1n) is 9.83. The number of ether oxygens (including phenoxy) is 1. The van der Waals surface area contributed by atoms with Gasteiger partial charge in [0.25, 0.3) is 0 Å². The highest BCUT2D eigenvalue weighted by molar-refractivity contribution is 5.90. The molecule has 2 fully saturated rings. The first-order valence-corrected chi connectivity index (χ1v) is 9.83. The Morgan fingerprint density at radius 1 is 1.11 bits per heavy atom. The Morgan fingerprint density at radius 2 is 1.81 bits per heavy atom. The number of anilines is 1. The number of carbonyl (C=O) groups excluding carboxylic acids is 2. The fourth-order valence-electron chi connectivity index (χ4n) is 3.80. The molecule has 27 heavy (non-hydrogen) atoms. The monoisotopic (exact) mass is 374 g/mol. The van der Waals surface area contributed by atoms with Gasteiger partial charge in [-0.05, 0) is 30.9 Å². The van der Waals surface area contributed by atoms with Crippen LogP contribution in [0.2, 0.25) is 0 Å². The zero-order chi connectivity index (χ0) is 19.1. The Kier molecular flexibility index (Phi) is 7.06. The Hall–Kier alpha value is -2.12. The maximum Gasteiger partial charge on any atom is 0.321 e. The molecule has 148 valence electrons. The zero-order valence-corrected chi connectivity index (χ0v) is 16.1. The Morgan fingerprint density at radius 3 is 2.52 bits per heavy atom. The number of piperidine rings is 1. The Balaban J connectivity index is 1.51. The second kappa shape index (κ2) is 9.71. The van der Waals surface area contributed by atoms with Gasteiger partial charge in [0.1, 0.15) is 0 Å². The van der Waals surface area contributed by atoms with E-state index < -0.39 is 0 Å². The van der Waals surface area contributed by atoms with Crippen molar-refractivity contribution in [3.05, 3.63) is 29.8 Å². The van der Waals surface area contributed by atoms with Crippen LogP contribution in [-0.2, 0) is 16.0 Å². The molecule has 0 saturated carbocycles. The molecule has 0 aromatic heterocycles. The predicted molar refractivity (Wildman–Crippen MR) is 105 cm³/mol. The molecule has 7 nitrogen and oxygen atoms in total. The van der Waals surface area contributed by atoms with Crippen molar-refractivity contribution in [1.82, 2.24) is 15.1 Å². The quantitative estimate of drug-likeness (QED) is 0.823. The van der Waals surface area contributed by atoms with E-state index >= 15 is 0 Å². The van der Waals surface area contributed by atoms with E-state index in [1.54, 1.807) is 7.05 Å². The lowest BCUT2D eigenvalue weighted by Gasteiger charge is -2.40. The lowest BCUT2D eigenvalue weighted by molar-refractivity contribution is -0.120. The van der Waals surface area contributed by atoms with Gasteiger partial charge >= 0.3 is 6.03 Å². The molecule has 1 aromatic rings. The second-order valence-electron chi connectivity index (χ2n) is 7.13. The highest BCUT2D eigenvalue weighted by atomic mass is 16.5. The fourth-order valence-corrected chi connectivity index (χ4v) is 3.80. The minimum absolute atomic E-state index is 0.00122. The minimum atomic E-state index is -0.0529. The Labute approximate surface area is 161 Å². The van der Waals surface area contributed by atoms with E-state index in [0.717, 1.165) is 63.5 Å². The van der Waals surface area contributed by atoms with Crippen molar-refractivity contribution >= 4 is 17.6 Å². The number of nitrogens with zero attached hydrogens (tertiary/aromatic N) is 2. The molecule has 0 bridgehead atoms. The van der Waals surface area contributed by atoms with Gasteiger partial charge in [-0.1, -0.05) is 18.2 Å². The number of rotatable bonds is 5. The van der Waals surface area contributed by atoms with E-state index in [-0.39, 0.29) is 11.9 Å². The topological polar surface area (TPSA) is 73.9 Å². The number of benzene rings is 1. The van der Waals surface area contributed by atoms with Gasteiger partial charge in [0.2, 0.25) is 5.91 Å². The van der Waals surface area contributed by atoms with Crippen LogP contribution in [0.25, 0.3) is 0 Å². The van der Waals surface area contributed by atoms with Crippen molar-refractivity contribution in [2.45, 2.75) is 31.7 Å². The van der Waals surface area contributed by atoms with Crippen molar-refractivity contribution in [3.8, 4) is 0 Å². The van der Waals surface area contributed by atoms with Crippen LogP contribution in [0.1, 0.15) is 24.8 Å². The summed E-state index contributed by atoms with van der Waals surface area (Å²) in [7, 11) is 1.64. The zero-order valence-electron chi connectivity index (χ0n) is 16.1. The third-order valence-corrected chi connectivity index (χ3v) is 5.47. The first-order chi connectivity index (χ1) is 13.2. The molecular weight excluding hydrogens is 344 g/mol. The molecule has 1 aromatic carbocycles. The number of para-hydroxylation sites is 1. The maximum atomic E-state index is 12.7. The van der Waals surface area contributed by atoms with Gasteiger partial charge in [-0.3, -0.25) is 9.69 Å². The number of nitrogens with one attached hydrogen (secondary N) is 2. The summed E-state index contributed by atoms with van der Waals surface area (Å²) < 4.78 is 5.43. The van der Waals surface area contributed by atoms with Crippen molar-refractivity contribution in [2.75, 3.05) is 51.8 Å². The normalized spacial score (nSPS) is 18.9. The molecule has 0 spiro atoms. The number of hydrogen-bond acceptors (Lipinski definition) is 4. The molecular formula is C20H30N4O3. The number of hydrogen-bond donors (Lipinski definition) is 2. The summed E-state index contributed by atoms with van der Waals surface area (Å²) in [4.78, 5) is 28.6. The van der Waals surface area contributed by atoms with Crippen LogP contribution < -0.4 is 10.6 Å². The fraction of sp³-hybridized carbons (Fsp3) is 0.600. The van der Waals surface area contributed by atoms with Gasteiger partial charge in [0.05, 0.1) is 13.2 Å². The van der Waals surface area contributed by atoms with Crippen molar-refractivity contribution < 1.29 is 14.3 Å². The molecule has 2 heterocycles.